The first-order valence-corrected chi connectivity index (χ1v) is 12.0. The third-order valence-electron chi connectivity index (χ3n) is 5.06. The van der Waals surface area contributed by atoms with Crippen LogP contribution >= 0.6 is 15.9 Å². The monoisotopic (exact) mass is 410 g/mol. The molecule has 1 atom stereocenters. The molecule has 128 valence electrons. The van der Waals surface area contributed by atoms with Gasteiger partial charge in [0.25, 0.3) is 0 Å². The van der Waals surface area contributed by atoms with Crippen LogP contribution in [0.5, 0.6) is 0 Å². The highest BCUT2D eigenvalue weighted by Gasteiger charge is 2.39. The Balaban J connectivity index is 1.91. The van der Waals surface area contributed by atoms with Crippen molar-refractivity contribution in [2.75, 3.05) is 0 Å². The number of aliphatic hydroxyl groups is 1. The molecule has 0 saturated carbocycles. The van der Waals surface area contributed by atoms with E-state index >= 15 is 0 Å². The van der Waals surface area contributed by atoms with Gasteiger partial charge in [0.05, 0.1) is 5.73 Å². The van der Waals surface area contributed by atoms with Crippen LogP contribution in [0.15, 0.2) is 89.4 Å². The molecule has 25 heavy (non-hydrogen) atoms. The number of benzene rings is 3. The zero-order chi connectivity index (χ0) is 17.7. The first kappa shape index (κ1) is 18.1. The molecule has 1 nitrogen and oxygen atoms in total. The molecule has 0 aliphatic heterocycles. The molecule has 0 aliphatic carbocycles. The molecule has 3 heteroatoms. The van der Waals surface area contributed by atoms with Crippen LogP contribution in [0.2, 0.25) is 6.55 Å². The summed E-state index contributed by atoms with van der Waals surface area (Å²) in [5, 5.41) is 13.8. The summed E-state index contributed by atoms with van der Waals surface area (Å²) in [4.78, 5) is 0. The van der Waals surface area contributed by atoms with Gasteiger partial charge in [0.15, 0.2) is 0 Å². The van der Waals surface area contributed by atoms with E-state index in [1.807, 2.05) is 18.2 Å². The van der Waals surface area contributed by atoms with Crippen LogP contribution in [0.25, 0.3) is 0 Å². The maximum Gasteiger partial charge on any atom is 0.145 e. The molecule has 0 amide bonds. The van der Waals surface area contributed by atoms with E-state index in [-0.39, 0.29) is 5.73 Å². The fraction of sp³-hybridized carbons (Fsp3) is 0.182. The Labute approximate surface area is 159 Å². The molecule has 1 N–H and O–H groups in total. The van der Waals surface area contributed by atoms with Crippen LogP contribution in [0.1, 0.15) is 12.0 Å². The Morgan fingerprint density at radius 2 is 1.28 bits per heavy atom. The molecular formula is C22H23BrOSi. The summed E-state index contributed by atoms with van der Waals surface area (Å²) in [6.07, 6.45) is 1.62. The molecule has 0 radical (unpaired) electrons. The Morgan fingerprint density at radius 1 is 0.800 bits per heavy atom. The largest absolute Gasteiger partial charge is 0.396 e. The molecular weight excluding hydrogens is 388 g/mol. The molecule has 3 aromatic carbocycles. The highest BCUT2D eigenvalue weighted by molar-refractivity contribution is 9.10. The highest BCUT2D eigenvalue weighted by Crippen LogP contribution is 2.21. The minimum absolute atomic E-state index is 0.343. The lowest BCUT2D eigenvalue weighted by Gasteiger charge is -2.34. The zero-order valence-corrected chi connectivity index (χ0v) is 17.0. The van der Waals surface area contributed by atoms with Crippen LogP contribution in [0.4, 0.5) is 0 Å². The van der Waals surface area contributed by atoms with Gasteiger partial charge in [-0.3, -0.25) is 0 Å². The Hall–Kier alpha value is -1.68. The third kappa shape index (κ3) is 3.95. The molecule has 0 saturated heterocycles. The molecule has 0 aliphatic rings. The summed E-state index contributed by atoms with van der Waals surface area (Å²) >= 11 is 3.62. The molecule has 3 rings (SSSR count). The smallest absolute Gasteiger partial charge is 0.145 e. The molecule has 1 unspecified atom stereocenters. The van der Waals surface area contributed by atoms with Crippen molar-refractivity contribution in [1.82, 2.24) is 0 Å². The van der Waals surface area contributed by atoms with E-state index < -0.39 is 8.07 Å². The van der Waals surface area contributed by atoms with Gasteiger partial charge in [-0.2, -0.15) is 0 Å². The summed E-state index contributed by atoms with van der Waals surface area (Å²) in [7, 11) is -2.24. The molecule has 0 spiro atoms. The summed E-state index contributed by atoms with van der Waals surface area (Å²) in [6, 6.07) is 29.3. The number of aliphatic hydroxyl groups excluding tert-OH is 1. The average Bonchev–Trinajstić information content (AvgIpc) is 2.68. The maximum atomic E-state index is 11.3. The van der Waals surface area contributed by atoms with Gasteiger partial charge in [-0.1, -0.05) is 112 Å². The Kier molecular flexibility index (Phi) is 5.89. The second-order valence-electron chi connectivity index (χ2n) is 6.58. The molecule has 0 aromatic heterocycles. The van der Waals surface area contributed by atoms with Gasteiger partial charge in [-0.05, 0) is 24.5 Å². The van der Waals surface area contributed by atoms with Gasteiger partial charge >= 0.3 is 0 Å². The van der Waals surface area contributed by atoms with Gasteiger partial charge in [-0.15, -0.1) is 0 Å². The van der Waals surface area contributed by atoms with E-state index in [1.165, 1.54) is 15.9 Å². The van der Waals surface area contributed by atoms with Crippen molar-refractivity contribution in [1.29, 1.82) is 0 Å². The first-order chi connectivity index (χ1) is 12.1. The lowest BCUT2D eigenvalue weighted by atomic mass is 10.1. The van der Waals surface area contributed by atoms with Crippen molar-refractivity contribution in [3.8, 4) is 0 Å². The predicted octanol–water partition coefficient (Wildman–Crippen LogP) is 4.17. The van der Waals surface area contributed by atoms with Crippen molar-refractivity contribution in [2.24, 2.45) is 0 Å². The number of hydrogen-bond acceptors (Lipinski definition) is 1. The van der Waals surface area contributed by atoms with Gasteiger partial charge in [0, 0.05) is 4.47 Å². The predicted molar refractivity (Wildman–Crippen MR) is 112 cm³/mol. The normalized spacial score (nSPS) is 12.8. The summed E-state index contributed by atoms with van der Waals surface area (Å²) in [5.41, 5.74) is 0.906. The van der Waals surface area contributed by atoms with Gasteiger partial charge < -0.3 is 5.11 Å². The fourth-order valence-corrected chi connectivity index (χ4v) is 7.48. The molecule has 3 aromatic rings. The standard InChI is InChI=1S/C22H23BrOSi/c1-25(19-11-4-2-5-12-19,20-13-6-3-7-14-20)22(24)17-16-18-10-8-9-15-21(18)23/h2-15,22,24H,16-17H2,1H3. The lowest BCUT2D eigenvalue weighted by molar-refractivity contribution is 0.236. The molecule has 0 bridgehead atoms. The SMILES string of the molecule is C[Si](c1ccccc1)(c1ccccc1)C(O)CCc1ccccc1Br. The van der Waals surface area contributed by atoms with Crippen molar-refractivity contribution in [3.63, 3.8) is 0 Å². The van der Waals surface area contributed by atoms with Crippen molar-refractivity contribution in [3.05, 3.63) is 95.0 Å². The summed E-state index contributed by atoms with van der Waals surface area (Å²) in [6.45, 7) is 2.28. The van der Waals surface area contributed by atoms with Crippen LogP contribution in [-0.2, 0) is 6.42 Å². The van der Waals surface area contributed by atoms with Crippen LogP contribution in [-0.4, -0.2) is 18.9 Å². The summed E-state index contributed by atoms with van der Waals surface area (Å²) < 4.78 is 1.12. The maximum absolute atomic E-state index is 11.3. The Morgan fingerprint density at radius 3 is 1.80 bits per heavy atom. The van der Waals surface area contributed by atoms with E-state index in [0.717, 1.165) is 17.3 Å². The first-order valence-electron chi connectivity index (χ1n) is 8.65. The van der Waals surface area contributed by atoms with E-state index in [4.69, 9.17) is 0 Å². The van der Waals surface area contributed by atoms with E-state index in [9.17, 15) is 5.11 Å². The summed E-state index contributed by atoms with van der Waals surface area (Å²) in [5.74, 6) is 0. The molecule has 0 fully saturated rings. The van der Waals surface area contributed by atoms with Crippen LogP contribution < -0.4 is 10.4 Å². The lowest BCUT2D eigenvalue weighted by Crippen LogP contribution is -2.64. The minimum Gasteiger partial charge on any atom is -0.396 e. The second kappa shape index (κ2) is 8.13. The van der Waals surface area contributed by atoms with Gasteiger partial charge in [0.2, 0.25) is 0 Å². The third-order valence-corrected chi connectivity index (χ3v) is 10.5. The average molecular weight is 411 g/mol. The number of halogens is 1. The number of aryl methyl sites for hydroxylation is 1. The van der Waals surface area contributed by atoms with E-state index in [1.54, 1.807) is 0 Å². The van der Waals surface area contributed by atoms with Crippen LogP contribution in [0, 0.1) is 0 Å². The highest BCUT2D eigenvalue weighted by atomic mass is 79.9. The second-order valence-corrected chi connectivity index (χ2v) is 11.7. The fourth-order valence-electron chi connectivity index (χ4n) is 3.40. The Bertz CT molecular complexity index is 765. The van der Waals surface area contributed by atoms with E-state index in [0.29, 0.717) is 0 Å². The van der Waals surface area contributed by atoms with Crippen molar-refractivity contribution in [2.45, 2.75) is 25.1 Å². The zero-order valence-electron chi connectivity index (χ0n) is 14.4. The van der Waals surface area contributed by atoms with E-state index in [2.05, 4.69) is 89.2 Å². The van der Waals surface area contributed by atoms with Crippen molar-refractivity contribution >= 4 is 34.4 Å². The van der Waals surface area contributed by atoms with Crippen molar-refractivity contribution < 1.29 is 5.11 Å². The van der Waals surface area contributed by atoms with Gasteiger partial charge in [0.1, 0.15) is 8.07 Å². The quantitative estimate of drug-likeness (QED) is 0.604. The number of hydrogen-bond donors (Lipinski definition) is 1. The molecule has 0 heterocycles. The van der Waals surface area contributed by atoms with Gasteiger partial charge in [-0.25, -0.2) is 0 Å². The minimum atomic E-state index is -2.24. The van der Waals surface area contributed by atoms with Crippen LogP contribution in [0.3, 0.4) is 0 Å². The topological polar surface area (TPSA) is 20.2 Å². The number of rotatable bonds is 6.